The number of pyridine rings is 1. The summed E-state index contributed by atoms with van der Waals surface area (Å²) in [4.78, 5) is 15.1. The average molecular weight is 429 g/mol. The van der Waals surface area contributed by atoms with Crippen LogP contribution in [0.3, 0.4) is 0 Å². The summed E-state index contributed by atoms with van der Waals surface area (Å²) in [6, 6.07) is 13.4. The molecule has 1 aromatic heterocycles. The van der Waals surface area contributed by atoms with Crippen LogP contribution in [-0.4, -0.2) is 29.4 Å². The van der Waals surface area contributed by atoms with Crippen LogP contribution >= 0.6 is 0 Å². The molecule has 0 atom stereocenters. The fourth-order valence-corrected chi connectivity index (χ4v) is 3.66. The van der Waals surface area contributed by atoms with Gasteiger partial charge in [-0.1, -0.05) is 44.2 Å². The number of aromatic nitrogens is 1. The zero-order valence-electron chi connectivity index (χ0n) is 16.7. The fraction of sp³-hybridized carbons (Fsp3) is 0.286. The van der Waals surface area contributed by atoms with E-state index in [1.807, 2.05) is 18.2 Å². The van der Waals surface area contributed by atoms with Crippen molar-refractivity contribution in [2.75, 3.05) is 11.9 Å². The molecule has 0 aliphatic heterocycles. The van der Waals surface area contributed by atoms with Crippen LogP contribution in [0.25, 0.3) is 10.9 Å². The van der Waals surface area contributed by atoms with E-state index >= 15 is 0 Å². The molecule has 30 heavy (non-hydrogen) atoms. The minimum absolute atomic E-state index is 0.0645. The topological polar surface area (TPSA) is 122 Å². The highest BCUT2D eigenvalue weighted by atomic mass is 32.2. The van der Waals surface area contributed by atoms with Gasteiger partial charge in [0.1, 0.15) is 11.9 Å². The molecule has 2 N–H and O–H groups in total. The lowest BCUT2D eigenvalue weighted by molar-refractivity contribution is -0.384. The SMILES string of the molecule is CC(C)(CCc1ccc(S(=O)(=O)O)cc1)CNc1c([N+](=O)[O-])cnc2ccccc12. The van der Waals surface area contributed by atoms with Crippen LogP contribution in [-0.2, 0) is 16.5 Å². The van der Waals surface area contributed by atoms with Crippen LogP contribution in [0.2, 0.25) is 0 Å². The zero-order valence-corrected chi connectivity index (χ0v) is 17.5. The summed E-state index contributed by atoms with van der Waals surface area (Å²) in [5.74, 6) is 0. The molecular formula is C21H23N3O5S. The van der Waals surface area contributed by atoms with Gasteiger partial charge in [-0.25, -0.2) is 4.98 Å². The number of para-hydroxylation sites is 1. The number of anilines is 1. The van der Waals surface area contributed by atoms with Crippen LogP contribution in [0, 0.1) is 15.5 Å². The quantitative estimate of drug-likeness (QED) is 0.308. The molecule has 0 aliphatic carbocycles. The van der Waals surface area contributed by atoms with E-state index in [0.29, 0.717) is 29.6 Å². The third kappa shape index (κ3) is 5.11. The van der Waals surface area contributed by atoms with E-state index in [9.17, 15) is 18.5 Å². The second kappa shape index (κ2) is 8.37. The van der Waals surface area contributed by atoms with Crippen molar-refractivity contribution in [3.05, 3.63) is 70.4 Å². The first-order valence-electron chi connectivity index (χ1n) is 9.39. The Balaban J connectivity index is 1.72. The van der Waals surface area contributed by atoms with Crippen LogP contribution in [0.15, 0.2) is 59.6 Å². The number of hydrogen-bond acceptors (Lipinski definition) is 6. The van der Waals surface area contributed by atoms with Gasteiger partial charge in [-0.15, -0.1) is 0 Å². The van der Waals surface area contributed by atoms with Gasteiger partial charge >= 0.3 is 5.69 Å². The second-order valence-electron chi connectivity index (χ2n) is 7.93. The predicted octanol–water partition coefficient (Wildman–Crippen LogP) is 4.46. The maximum Gasteiger partial charge on any atom is 0.311 e. The van der Waals surface area contributed by atoms with Gasteiger partial charge in [0.15, 0.2) is 0 Å². The molecule has 3 rings (SSSR count). The van der Waals surface area contributed by atoms with Crippen molar-refractivity contribution in [2.24, 2.45) is 5.41 Å². The largest absolute Gasteiger partial charge is 0.378 e. The van der Waals surface area contributed by atoms with Gasteiger partial charge in [-0.05, 0) is 42.0 Å². The summed E-state index contributed by atoms with van der Waals surface area (Å²) in [6.45, 7) is 4.62. The van der Waals surface area contributed by atoms with Gasteiger partial charge < -0.3 is 5.32 Å². The Kier molecular flexibility index (Phi) is 6.04. The molecule has 8 nitrogen and oxygen atoms in total. The zero-order chi connectivity index (χ0) is 21.9. The van der Waals surface area contributed by atoms with Crippen LogP contribution in [0.5, 0.6) is 0 Å². The number of benzene rings is 2. The molecule has 1 heterocycles. The summed E-state index contributed by atoms with van der Waals surface area (Å²) < 4.78 is 31.4. The average Bonchev–Trinajstić information content (AvgIpc) is 2.70. The van der Waals surface area contributed by atoms with E-state index in [2.05, 4.69) is 24.1 Å². The molecule has 3 aromatic rings. The molecule has 0 aliphatic rings. The van der Waals surface area contributed by atoms with Gasteiger partial charge in [-0.3, -0.25) is 14.7 Å². The Labute approximate surface area is 174 Å². The normalized spacial score (nSPS) is 12.1. The summed E-state index contributed by atoms with van der Waals surface area (Å²) in [5.41, 5.74) is 1.82. The van der Waals surface area contributed by atoms with E-state index in [1.165, 1.54) is 18.3 Å². The minimum atomic E-state index is -4.20. The lowest BCUT2D eigenvalue weighted by atomic mass is 9.86. The summed E-state index contributed by atoms with van der Waals surface area (Å²) in [5, 5.41) is 15.4. The van der Waals surface area contributed by atoms with Crippen LogP contribution in [0.1, 0.15) is 25.8 Å². The Bertz CT molecular complexity index is 1170. The third-order valence-corrected chi connectivity index (χ3v) is 5.88. The Hall–Kier alpha value is -3.04. The van der Waals surface area contributed by atoms with Crippen molar-refractivity contribution < 1.29 is 17.9 Å². The Morgan fingerprint density at radius 1 is 1.13 bits per heavy atom. The van der Waals surface area contributed by atoms with Gasteiger partial charge in [0.2, 0.25) is 0 Å². The maximum atomic E-state index is 11.5. The predicted molar refractivity (Wildman–Crippen MR) is 115 cm³/mol. The van der Waals surface area contributed by atoms with E-state index in [-0.39, 0.29) is 16.0 Å². The van der Waals surface area contributed by atoms with E-state index in [1.54, 1.807) is 18.2 Å². The summed E-state index contributed by atoms with van der Waals surface area (Å²) in [7, 11) is -4.20. The number of nitrogens with one attached hydrogen (secondary N) is 1. The number of nitro groups is 1. The molecule has 0 saturated heterocycles. The van der Waals surface area contributed by atoms with E-state index < -0.39 is 15.0 Å². The smallest absolute Gasteiger partial charge is 0.311 e. The number of hydrogen-bond donors (Lipinski definition) is 2. The van der Waals surface area contributed by atoms with Gasteiger partial charge in [-0.2, -0.15) is 8.42 Å². The van der Waals surface area contributed by atoms with Crippen molar-refractivity contribution in [3.63, 3.8) is 0 Å². The minimum Gasteiger partial charge on any atom is -0.378 e. The maximum absolute atomic E-state index is 11.5. The molecule has 0 spiro atoms. The second-order valence-corrected chi connectivity index (χ2v) is 9.35. The molecule has 158 valence electrons. The number of aryl methyl sites for hydroxylation is 1. The standard InChI is InChI=1S/C21H23N3O5S/c1-21(2,12-11-15-7-9-16(10-8-15)30(27,28)29)14-23-20-17-5-3-4-6-18(17)22-13-19(20)24(25)26/h3-10,13H,11-12,14H2,1-2H3,(H,22,23)(H,27,28,29). The van der Waals surface area contributed by atoms with E-state index in [0.717, 1.165) is 12.0 Å². The van der Waals surface area contributed by atoms with Gasteiger partial charge in [0.25, 0.3) is 10.1 Å². The first kappa shape index (κ1) is 21.7. The first-order valence-corrected chi connectivity index (χ1v) is 10.8. The highest BCUT2D eigenvalue weighted by Gasteiger charge is 2.22. The molecule has 0 radical (unpaired) electrons. The lowest BCUT2D eigenvalue weighted by Gasteiger charge is -2.26. The fourth-order valence-electron chi connectivity index (χ4n) is 3.18. The number of nitrogens with zero attached hydrogens (tertiary/aromatic N) is 2. The van der Waals surface area contributed by atoms with E-state index in [4.69, 9.17) is 4.55 Å². The van der Waals surface area contributed by atoms with Gasteiger partial charge in [0.05, 0.1) is 15.3 Å². The molecule has 0 fully saturated rings. The number of fused-ring (bicyclic) bond motifs is 1. The molecule has 0 amide bonds. The van der Waals surface area contributed by atoms with Crippen molar-refractivity contribution in [1.29, 1.82) is 0 Å². The monoisotopic (exact) mass is 429 g/mol. The van der Waals surface area contributed by atoms with Gasteiger partial charge in [0, 0.05) is 11.9 Å². The lowest BCUT2D eigenvalue weighted by Crippen LogP contribution is -2.24. The molecular weight excluding hydrogens is 406 g/mol. The highest BCUT2D eigenvalue weighted by molar-refractivity contribution is 7.85. The van der Waals surface area contributed by atoms with Crippen molar-refractivity contribution >= 4 is 32.4 Å². The third-order valence-electron chi connectivity index (χ3n) is 5.01. The molecule has 9 heteroatoms. The summed E-state index contributed by atoms with van der Waals surface area (Å²) >= 11 is 0. The molecule has 0 saturated carbocycles. The Morgan fingerprint density at radius 2 is 1.80 bits per heavy atom. The number of rotatable bonds is 8. The van der Waals surface area contributed by atoms with Crippen molar-refractivity contribution in [1.82, 2.24) is 4.98 Å². The molecule has 0 bridgehead atoms. The van der Waals surface area contributed by atoms with Crippen molar-refractivity contribution in [3.8, 4) is 0 Å². The first-order chi connectivity index (χ1) is 14.1. The molecule has 2 aromatic carbocycles. The Morgan fingerprint density at radius 3 is 2.43 bits per heavy atom. The highest BCUT2D eigenvalue weighted by Crippen LogP contribution is 2.33. The van der Waals surface area contributed by atoms with Crippen LogP contribution < -0.4 is 5.32 Å². The molecule has 0 unspecified atom stereocenters. The summed E-state index contributed by atoms with van der Waals surface area (Å²) in [6.07, 6.45) is 2.73. The van der Waals surface area contributed by atoms with Crippen LogP contribution in [0.4, 0.5) is 11.4 Å². The van der Waals surface area contributed by atoms with Crippen molar-refractivity contribution in [2.45, 2.75) is 31.6 Å².